The number of aromatic amines is 1. The van der Waals surface area contributed by atoms with Gasteiger partial charge < -0.3 is 14.5 Å². The molecule has 1 spiro atoms. The summed E-state index contributed by atoms with van der Waals surface area (Å²) in [4.78, 5) is 27.1. The van der Waals surface area contributed by atoms with E-state index in [1.165, 1.54) is 24.3 Å². The predicted molar refractivity (Wildman–Crippen MR) is 156 cm³/mol. The van der Waals surface area contributed by atoms with Crippen LogP contribution in [0.25, 0.3) is 11.3 Å². The Morgan fingerprint density at radius 2 is 1.86 bits per heavy atom. The topological polar surface area (TPSA) is 93.3 Å². The molecule has 2 unspecified atom stereocenters. The van der Waals surface area contributed by atoms with Crippen LogP contribution in [-0.4, -0.2) is 41.9 Å². The molecule has 1 saturated carbocycles. The van der Waals surface area contributed by atoms with Gasteiger partial charge in [-0.05, 0) is 73.3 Å². The van der Waals surface area contributed by atoms with Crippen molar-refractivity contribution in [1.29, 1.82) is 0 Å². The molecule has 12 heteroatoms. The van der Waals surface area contributed by atoms with Gasteiger partial charge in [0.25, 0.3) is 0 Å². The average Bonchev–Trinajstić information content (AvgIpc) is 3.59. The molecule has 2 aromatic carbocycles. The number of ketones is 1. The van der Waals surface area contributed by atoms with E-state index in [0.29, 0.717) is 35.3 Å². The van der Waals surface area contributed by atoms with E-state index < -0.39 is 19.3 Å². The van der Waals surface area contributed by atoms with Crippen molar-refractivity contribution < 1.29 is 46.1 Å². The second-order valence-corrected chi connectivity index (χ2v) is 17.7. The number of halogens is 3. The largest absolute Gasteiger partial charge is 0.487 e. The van der Waals surface area contributed by atoms with Crippen LogP contribution in [0.2, 0.25) is 18.1 Å². The van der Waals surface area contributed by atoms with Crippen LogP contribution >= 0.6 is 11.6 Å². The summed E-state index contributed by atoms with van der Waals surface area (Å²) in [6, 6.07) is 11.1. The number of nitrogens with zero attached hydrogens (tertiary/aromatic N) is 1. The molecule has 3 aromatic rings. The first-order valence-corrected chi connectivity index (χ1v) is 16.9. The quantitative estimate of drug-likeness (QED) is 0.150. The summed E-state index contributed by atoms with van der Waals surface area (Å²) >= 11 is 4.83. The molecule has 42 heavy (non-hydrogen) atoms. The van der Waals surface area contributed by atoms with Crippen LogP contribution in [0, 0.1) is 0 Å². The molecule has 2 N–H and O–H groups in total. The SMILES string of the molecule is CC(C)(C)[Si](C)(C)OC1CCC2(C1)C(=O)Nc1cc(C(=O)Cc3ccc(OC(F)(F)Cl)cc3)cc(-c3ccn[nH]3)c12.[V]. The molecule has 223 valence electrons. The van der Waals surface area contributed by atoms with Gasteiger partial charge in [0.15, 0.2) is 14.1 Å². The summed E-state index contributed by atoms with van der Waals surface area (Å²) in [6.45, 7) is 11.1. The van der Waals surface area contributed by atoms with Gasteiger partial charge in [-0.15, -0.1) is 8.78 Å². The smallest absolute Gasteiger partial charge is 0.420 e. The monoisotopic (exact) mass is 652 g/mol. The average molecular weight is 653 g/mol. The Morgan fingerprint density at radius 1 is 1.17 bits per heavy atom. The number of H-pyrrole nitrogens is 1. The number of carbonyl (C=O) groups is 2. The molecule has 0 bridgehead atoms. The Balaban J connectivity index is 0.00000405. The number of hydrogen-bond donors (Lipinski definition) is 2. The van der Waals surface area contributed by atoms with Gasteiger partial charge in [-0.3, -0.25) is 14.7 Å². The van der Waals surface area contributed by atoms with Crippen molar-refractivity contribution in [1.82, 2.24) is 10.2 Å². The van der Waals surface area contributed by atoms with E-state index in [0.717, 1.165) is 17.5 Å². The van der Waals surface area contributed by atoms with Crippen LogP contribution in [-0.2, 0) is 39.6 Å². The van der Waals surface area contributed by atoms with Crippen molar-refractivity contribution in [3.05, 3.63) is 65.4 Å². The summed E-state index contributed by atoms with van der Waals surface area (Å²) in [5, 5.41) is 10.2. The van der Waals surface area contributed by atoms with E-state index in [4.69, 9.17) is 16.0 Å². The number of hydrogen-bond acceptors (Lipinski definition) is 5. The molecule has 2 aliphatic rings. The normalized spacial score (nSPS) is 20.3. The number of alkyl halides is 3. The fraction of sp³-hybridized carbons (Fsp3) is 0.433. The number of Topliss-reactive ketones (excluding diaryl/α,β-unsaturated/α-hetero) is 1. The van der Waals surface area contributed by atoms with Crippen LogP contribution in [0.4, 0.5) is 14.5 Å². The fourth-order valence-electron chi connectivity index (χ4n) is 5.61. The summed E-state index contributed by atoms with van der Waals surface area (Å²) in [6.07, 6.45) is 3.63. The number of amides is 1. The zero-order chi connectivity index (χ0) is 29.8. The minimum Gasteiger partial charge on any atom is -0.420 e. The Bertz CT molecular complexity index is 1470. The number of ether oxygens (including phenoxy) is 1. The molecule has 1 radical (unpaired) electrons. The van der Waals surface area contributed by atoms with E-state index in [9.17, 15) is 18.4 Å². The van der Waals surface area contributed by atoms with E-state index in [1.807, 2.05) is 12.1 Å². The third kappa shape index (κ3) is 6.38. The fourth-order valence-corrected chi connectivity index (χ4v) is 7.09. The molecule has 1 aliphatic carbocycles. The number of carbonyl (C=O) groups excluding carboxylic acids is 2. The number of benzene rings is 2. The molecule has 0 saturated heterocycles. The number of anilines is 1. The Labute approximate surface area is 262 Å². The van der Waals surface area contributed by atoms with Gasteiger partial charge in [0, 0.05) is 71.3 Å². The van der Waals surface area contributed by atoms with Crippen molar-refractivity contribution in [3.8, 4) is 17.0 Å². The molecule has 7 nitrogen and oxygen atoms in total. The Hall–Kier alpha value is -2.50. The van der Waals surface area contributed by atoms with Crippen molar-refractivity contribution in [3.63, 3.8) is 0 Å². The molecular weight excluding hydrogens is 619 g/mol. The van der Waals surface area contributed by atoms with Crippen LogP contribution in [0.3, 0.4) is 0 Å². The van der Waals surface area contributed by atoms with Crippen LogP contribution in [0.15, 0.2) is 48.7 Å². The number of rotatable bonds is 8. The maximum Gasteiger partial charge on any atom is 0.487 e. The van der Waals surface area contributed by atoms with Gasteiger partial charge in [-0.1, -0.05) is 32.9 Å². The molecule has 1 fully saturated rings. The first kappa shape index (κ1) is 32.4. The molecule has 2 heterocycles. The minimum absolute atomic E-state index is 0. The summed E-state index contributed by atoms with van der Waals surface area (Å²) in [5.41, 5.74) is -0.587. The summed E-state index contributed by atoms with van der Waals surface area (Å²) in [7, 11) is -2.04. The van der Waals surface area contributed by atoms with Crippen molar-refractivity contribution in [2.45, 2.75) is 81.7 Å². The standard InChI is InChI=1S/C30H34ClF2N3O4Si.V/c1-28(2,3)41(4,5)40-21-10-12-29(17-21)26-22(23-11-13-34-36-23)15-19(16-24(26)35-27(29)38)25(37)14-18-6-8-20(9-7-18)39-30(31,32)33;/h6-9,11,13,15-16,21H,10,12,14,17H2,1-5H3,(H,34,36)(H,35,38);. The van der Waals surface area contributed by atoms with Gasteiger partial charge in [0.2, 0.25) is 5.91 Å². The predicted octanol–water partition coefficient (Wildman–Crippen LogP) is 7.43. The van der Waals surface area contributed by atoms with E-state index in [-0.39, 0.29) is 53.6 Å². The van der Waals surface area contributed by atoms with E-state index in [1.54, 1.807) is 12.3 Å². The molecule has 2 atom stereocenters. The molecule has 5 rings (SSSR count). The van der Waals surface area contributed by atoms with Gasteiger partial charge in [0.1, 0.15) is 5.75 Å². The summed E-state index contributed by atoms with van der Waals surface area (Å²) in [5.74, 6) is -0.378. The summed E-state index contributed by atoms with van der Waals surface area (Å²) < 4.78 is 36.9. The minimum atomic E-state index is -3.82. The van der Waals surface area contributed by atoms with E-state index in [2.05, 4.69) is 54.1 Å². The number of aromatic nitrogens is 2. The van der Waals surface area contributed by atoms with Gasteiger partial charge in [0.05, 0.1) is 11.1 Å². The molecule has 1 aromatic heterocycles. The van der Waals surface area contributed by atoms with Gasteiger partial charge in [-0.25, -0.2) is 0 Å². The van der Waals surface area contributed by atoms with Crippen LogP contribution in [0.1, 0.15) is 61.5 Å². The number of nitrogens with one attached hydrogen (secondary N) is 2. The molecule has 1 amide bonds. The third-order valence-electron chi connectivity index (χ3n) is 8.67. The van der Waals surface area contributed by atoms with Crippen molar-refractivity contribution in [2.75, 3.05) is 5.32 Å². The number of fused-ring (bicyclic) bond motifs is 2. The van der Waals surface area contributed by atoms with Gasteiger partial charge in [-0.2, -0.15) is 5.10 Å². The van der Waals surface area contributed by atoms with Crippen LogP contribution in [0.5, 0.6) is 5.75 Å². The Morgan fingerprint density at radius 3 is 2.45 bits per heavy atom. The van der Waals surface area contributed by atoms with Crippen LogP contribution < -0.4 is 10.1 Å². The Kier molecular flexibility index (Phi) is 8.91. The molecular formula is C30H34ClF2N3O4SiV. The maximum absolute atomic E-state index is 13.6. The molecule has 1 aliphatic heterocycles. The zero-order valence-corrected chi connectivity index (χ0v) is 27.3. The first-order valence-electron chi connectivity index (χ1n) is 13.6. The van der Waals surface area contributed by atoms with Crippen molar-refractivity contribution in [2.24, 2.45) is 0 Å². The van der Waals surface area contributed by atoms with Gasteiger partial charge >= 0.3 is 5.57 Å². The zero-order valence-electron chi connectivity index (χ0n) is 24.2. The second kappa shape index (κ2) is 11.5. The van der Waals surface area contributed by atoms with Crippen molar-refractivity contribution >= 4 is 37.3 Å². The maximum atomic E-state index is 13.6. The second-order valence-electron chi connectivity index (χ2n) is 12.5. The third-order valence-corrected chi connectivity index (χ3v) is 13.3. The van der Waals surface area contributed by atoms with E-state index >= 15 is 0 Å². The first-order chi connectivity index (χ1) is 19.1.